The van der Waals surface area contributed by atoms with Crippen molar-refractivity contribution in [1.82, 2.24) is 10.5 Å². The van der Waals surface area contributed by atoms with Gasteiger partial charge in [-0.3, -0.25) is 14.4 Å². The number of rotatable bonds is 12. The lowest BCUT2D eigenvalue weighted by Crippen LogP contribution is -2.32. The van der Waals surface area contributed by atoms with E-state index in [0.717, 1.165) is 5.56 Å². The van der Waals surface area contributed by atoms with E-state index in [9.17, 15) is 19.2 Å². The molecule has 0 bridgehead atoms. The highest BCUT2D eigenvalue weighted by atomic mass is 16.7. The third kappa shape index (κ3) is 10.1. The second-order valence-corrected chi connectivity index (χ2v) is 6.45. The maximum atomic E-state index is 11.7. The molecule has 1 rings (SSSR count). The summed E-state index contributed by atoms with van der Waals surface area (Å²) in [5.41, 5.74) is 3.88. The Morgan fingerprint density at radius 2 is 1.90 bits per heavy atom. The second-order valence-electron chi connectivity index (χ2n) is 6.45. The van der Waals surface area contributed by atoms with Gasteiger partial charge in [-0.25, -0.2) is 10.2 Å². The molecule has 0 heterocycles. The summed E-state index contributed by atoms with van der Waals surface area (Å²) in [6.45, 7) is 3.79. The van der Waals surface area contributed by atoms with Crippen LogP contribution in [0, 0.1) is 12.3 Å². The molecule has 0 aliphatic rings. The van der Waals surface area contributed by atoms with Gasteiger partial charge >= 0.3 is 5.97 Å². The van der Waals surface area contributed by atoms with E-state index in [0.29, 0.717) is 35.8 Å². The van der Waals surface area contributed by atoms with Crippen LogP contribution in [0.25, 0.3) is 0 Å². The minimum Gasteiger partial charge on any atom is -0.494 e. The Balaban J connectivity index is 2.39. The molecule has 1 aromatic carbocycles. The van der Waals surface area contributed by atoms with Crippen LogP contribution in [0.5, 0.6) is 5.75 Å². The van der Waals surface area contributed by atoms with Crippen LogP contribution in [0.2, 0.25) is 0 Å². The van der Waals surface area contributed by atoms with Gasteiger partial charge in [0.1, 0.15) is 5.75 Å². The molecule has 0 fully saturated rings. The first-order valence-electron chi connectivity index (χ1n) is 9.89. The number of carbonyl (C=O) groups is 4. The van der Waals surface area contributed by atoms with E-state index in [4.69, 9.17) is 16.0 Å². The fourth-order valence-corrected chi connectivity index (χ4v) is 2.26. The van der Waals surface area contributed by atoms with Crippen LogP contribution in [0.3, 0.4) is 0 Å². The minimum atomic E-state index is -0.688. The van der Waals surface area contributed by atoms with Gasteiger partial charge in [-0.15, -0.1) is 17.4 Å². The maximum Gasteiger partial charge on any atom is 0.333 e. The average molecular weight is 429 g/mol. The van der Waals surface area contributed by atoms with Crippen molar-refractivity contribution in [3.63, 3.8) is 0 Å². The molecule has 166 valence electrons. The third-order valence-electron chi connectivity index (χ3n) is 3.92. The molecule has 1 N–H and O–H groups in total. The standard InChI is InChI=1S/C22H27N3O6/c1-4-6-9-20(27)24-23-17(3)18-11-13-19(14-12-18)30-15-7-10-22(29)31-25(16-26)21(28)8-5-2/h1,11-14,16H,5-10,15H2,2-3H3,(H,24,27)/b23-17+. The summed E-state index contributed by atoms with van der Waals surface area (Å²) in [7, 11) is 0. The molecular weight excluding hydrogens is 402 g/mol. The highest BCUT2D eigenvalue weighted by Gasteiger charge is 2.17. The number of terminal acetylenes is 1. The summed E-state index contributed by atoms with van der Waals surface area (Å²) >= 11 is 0. The van der Waals surface area contributed by atoms with E-state index in [1.807, 2.05) is 0 Å². The lowest BCUT2D eigenvalue weighted by Gasteiger charge is -2.14. The second kappa shape index (κ2) is 14.3. The number of carbonyl (C=O) groups excluding carboxylic acids is 4. The van der Waals surface area contributed by atoms with Crippen molar-refractivity contribution < 1.29 is 28.8 Å². The van der Waals surface area contributed by atoms with Gasteiger partial charge in [-0.2, -0.15) is 5.10 Å². The van der Waals surface area contributed by atoms with Crippen molar-refractivity contribution in [2.75, 3.05) is 6.61 Å². The Morgan fingerprint density at radius 1 is 1.19 bits per heavy atom. The zero-order valence-corrected chi connectivity index (χ0v) is 17.8. The van der Waals surface area contributed by atoms with Gasteiger partial charge in [0.2, 0.25) is 5.91 Å². The van der Waals surface area contributed by atoms with Crippen LogP contribution < -0.4 is 10.2 Å². The first-order chi connectivity index (χ1) is 14.9. The average Bonchev–Trinajstić information content (AvgIpc) is 2.77. The molecule has 0 radical (unpaired) electrons. The predicted octanol–water partition coefficient (Wildman–Crippen LogP) is 2.34. The summed E-state index contributed by atoms with van der Waals surface area (Å²) in [4.78, 5) is 50.4. The molecule has 3 amide bonds. The lowest BCUT2D eigenvalue weighted by atomic mass is 10.1. The SMILES string of the molecule is C#CCCC(=O)N/N=C(\C)c1ccc(OCCCC(=O)ON(C=O)C(=O)CCC)cc1. The molecule has 0 atom stereocenters. The Hall–Kier alpha value is -3.67. The molecule has 0 saturated heterocycles. The Kier molecular flexibility index (Phi) is 11.7. The number of hydrogen-bond acceptors (Lipinski definition) is 7. The number of hydrogen-bond donors (Lipinski definition) is 1. The number of ether oxygens (including phenoxy) is 1. The van der Waals surface area contributed by atoms with Gasteiger partial charge in [0.15, 0.2) is 0 Å². The smallest absolute Gasteiger partial charge is 0.333 e. The molecule has 0 saturated carbocycles. The molecule has 0 unspecified atom stereocenters. The topological polar surface area (TPSA) is 114 Å². The van der Waals surface area contributed by atoms with E-state index in [1.165, 1.54) is 0 Å². The maximum absolute atomic E-state index is 11.7. The van der Waals surface area contributed by atoms with Crippen LogP contribution >= 0.6 is 0 Å². The summed E-state index contributed by atoms with van der Waals surface area (Å²) in [6, 6.07) is 7.06. The molecule has 0 aliphatic carbocycles. The molecular formula is C22H27N3O6. The van der Waals surface area contributed by atoms with Crippen molar-refractivity contribution >= 4 is 29.9 Å². The number of hydroxylamine groups is 2. The van der Waals surface area contributed by atoms with Crippen LogP contribution in [-0.4, -0.2) is 41.6 Å². The Morgan fingerprint density at radius 3 is 2.52 bits per heavy atom. The number of nitrogens with one attached hydrogen (secondary N) is 1. The summed E-state index contributed by atoms with van der Waals surface area (Å²) in [6.07, 6.45) is 6.87. The number of nitrogens with zero attached hydrogens (tertiary/aromatic N) is 2. The highest BCUT2D eigenvalue weighted by Crippen LogP contribution is 2.13. The van der Waals surface area contributed by atoms with Gasteiger partial charge < -0.3 is 9.57 Å². The summed E-state index contributed by atoms with van der Waals surface area (Å²) in [5.74, 6) is 1.49. The van der Waals surface area contributed by atoms with Gasteiger partial charge in [-0.05, 0) is 49.6 Å². The normalized spacial score (nSPS) is 10.5. The fraction of sp³-hybridized carbons (Fsp3) is 0.409. The summed E-state index contributed by atoms with van der Waals surface area (Å²) in [5, 5.41) is 4.45. The van der Waals surface area contributed by atoms with E-state index < -0.39 is 11.9 Å². The van der Waals surface area contributed by atoms with Crippen LogP contribution in [0.15, 0.2) is 29.4 Å². The van der Waals surface area contributed by atoms with Crippen molar-refractivity contribution in [2.24, 2.45) is 5.10 Å². The quantitative estimate of drug-likeness (QED) is 0.179. The molecule has 1 aromatic rings. The molecule has 0 aromatic heterocycles. The van der Waals surface area contributed by atoms with Gasteiger partial charge in [0.25, 0.3) is 12.3 Å². The van der Waals surface area contributed by atoms with Crippen LogP contribution in [0.4, 0.5) is 0 Å². The van der Waals surface area contributed by atoms with Gasteiger partial charge in [0.05, 0.1) is 18.7 Å². The zero-order chi connectivity index (χ0) is 23.1. The van der Waals surface area contributed by atoms with E-state index in [-0.39, 0.29) is 38.2 Å². The molecule has 0 aliphatic heterocycles. The van der Waals surface area contributed by atoms with Crippen molar-refractivity contribution in [3.05, 3.63) is 29.8 Å². The Labute approximate surface area is 181 Å². The summed E-state index contributed by atoms with van der Waals surface area (Å²) < 4.78 is 5.56. The predicted molar refractivity (Wildman–Crippen MR) is 114 cm³/mol. The monoisotopic (exact) mass is 429 g/mol. The fourth-order valence-electron chi connectivity index (χ4n) is 2.26. The number of amides is 3. The molecule has 0 spiro atoms. The largest absolute Gasteiger partial charge is 0.494 e. The lowest BCUT2D eigenvalue weighted by molar-refractivity contribution is -0.196. The molecule has 9 nitrogen and oxygen atoms in total. The number of benzene rings is 1. The van der Waals surface area contributed by atoms with Crippen molar-refractivity contribution in [1.29, 1.82) is 0 Å². The number of imide groups is 1. The highest BCUT2D eigenvalue weighted by molar-refractivity contribution is 5.99. The van der Waals surface area contributed by atoms with Crippen LogP contribution in [0.1, 0.15) is 57.9 Å². The van der Waals surface area contributed by atoms with E-state index in [2.05, 4.69) is 16.4 Å². The third-order valence-corrected chi connectivity index (χ3v) is 3.92. The van der Waals surface area contributed by atoms with Crippen LogP contribution in [-0.2, 0) is 24.0 Å². The number of hydrazone groups is 1. The van der Waals surface area contributed by atoms with E-state index >= 15 is 0 Å². The van der Waals surface area contributed by atoms with Crippen molar-refractivity contribution in [2.45, 2.75) is 52.4 Å². The zero-order valence-electron chi connectivity index (χ0n) is 17.8. The van der Waals surface area contributed by atoms with Gasteiger partial charge in [-0.1, -0.05) is 6.92 Å². The minimum absolute atomic E-state index is 0.00698. The van der Waals surface area contributed by atoms with E-state index in [1.54, 1.807) is 38.1 Å². The molecule has 9 heteroatoms. The first kappa shape index (κ1) is 25.4. The molecule has 31 heavy (non-hydrogen) atoms. The Bertz CT molecular complexity index is 827. The van der Waals surface area contributed by atoms with Gasteiger partial charge in [0, 0.05) is 19.3 Å². The first-order valence-corrected chi connectivity index (χ1v) is 9.89. The van der Waals surface area contributed by atoms with Crippen molar-refractivity contribution in [3.8, 4) is 18.1 Å².